The van der Waals surface area contributed by atoms with Crippen LogP contribution in [0.5, 0.6) is 0 Å². The lowest BCUT2D eigenvalue weighted by Gasteiger charge is -2.07. The summed E-state index contributed by atoms with van der Waals surface area (Å²) in [4.78, 5) is 8.59. The molecule has 0 saturated heterocycles. The Hall–Kier alpha value is -2.44. The van der Waals surface area contributed by atoms with E-state index in [9.17, 15) is 0 Å². The van der Waals surface area contributed by atoms with Gasteiger partial charge in [-0.3, -0.25) is 4.68 Å². The molecule has 0 fully saturated rings. The smallest absolute Gasteiger partial charge is 0.254 e. The van der Waals surface area contributed by atoms with Crippen molar-refractivity contribution in [3.8, 4) is 0 Å². The number of aromatic nitrogens is 6. The summed E-state index contributed by atoms with van der Waals surface area (Å²) in [6.07, 6.45) is 5.46. The van der Waals surface area contributed by atoms with E-state index in [1.54, 1.807) is 4.52 Å². The Labute approximate surface area is 129 Å². The first-order chi connectivity index (χ1) is 10.7. The monoisotopic (exact) mass is 299 g/mol. The van der Waals surface area contributed by atoms with E-state index in [0.717, 1.165) is 36.7 Å². The van der Waals surface area contributed by atoms with Crippen LogP contribution in [-0.2, 0) is 13.0 Å². The molecule has 0 amide bonds. The van der Waals surface area contributed by atoms with Crippen LogP contribution in [0, 0.1) is 5.92 Å². The number of hydrogen-bond acceptors (Lipinski definition) is 5. The summed E-state index contributed by atoms with van der Waals surface area (Å²) in [6.45, 7) is 7.43. The minimum atomic E-state index is 0.598. The number of nitrogens with one attached hydrogen (secondary N) is 1. The molecule has 3 aromatic rings. The highest BCUT2D eigenvalue weighted by Gasteiger charge is 2.08. The van der Waals surface area contributed by atoms with Crippen molar-refractivity contribution in [3.63, 3.8) is 0 Å². The van der Waals surface area contributed by atoms with Gasteiger partial charge in [-0.25, -0.2) is 4.98 Å². The van der Waals surface area contributed by atoms with Crippen molar-refractivity contribution in [3.05, 3.63) is 30.4 Å². The Morgan fingerprint density at radius 3 is 2.95 bits per heavy atom. The molecule has 0 radical (unpaired) electrons. The highest BCUT2D eigenvalue weighted by molar-refractivity contribution is 5.54. The molecule has 0 aliphatic rings. The number of nitrogens with zero attached hydrogens (tertiary/aromatic N) is 6. The summed E-state index contributed by atoms with van der Waals surface area (Å²) in [7, 11) is 0. The van der Waals surface area contributed by atoms with E-state index in [1.165, 1.54) is 6.33 Å². The first-order valence-electron chi connectivity index (χ1n) is 7.66. The van der Waals surface area contributed by atoms with Gasteiger partial charge in [0.25, 0.3) is 5.78 Å². The normalized spacial score (nSPS) is 11.5. The highest BCUT2D eigenvalue weighted by atomic mass is 15.4. The fourth-order valence-corrected chi connectivity index (χ4v) is 2.21. The van der Waals surface area contributed by atoms with Gasteiger partial charge in [-0.05, 0) is 18.8 Å². The Balaban J connectivity index is 1.82. The molecule has 3 aromatic heterocycles. The largest absolute Gasteiger partial charge is 0.323 e. The zero-order chi connectivity index (χ0) is 15.5. The lowest BCUT2D eigenvalue weighted by molar-refractivity contribution is 0.488. The van der Waals surface area contributed by atoms with E-state index in [4.69, 9.17) is 0 Å². The topological polar surface area (TPSA) is 72.9 Å². The van der Waals surface area contributed by atoms with Crippen LogP contribution in [0.3, 0.4) is 0 Å². The van der Waals surface area contributed by atoms with Crippen LogP contribution in [0.15, 0.2) is 24.7 Å². The van der Waals surface area contributed by atoms with Crippen molar-refractivity contribution in [1.82, 2.24) is 29.4 Å². The summed E-state index contributed by atoms with van der Waals surface area (Å²) in [5, 5.41) is 12.1. The van der Waals surface area contributed by atoms with Crippen molar-refractivity contribution in [2.75, 3.05) is 5.32 Å². The molecule has 0 bridgehead atoms. The van der Waals surface area contributed by atoms with Crippen molar-refractivity contribution >= 4 is 17.4 Å². The minimum absolute atomic E-state index is 0.598. The number of hydrogen-bond donors (Lipinski definition) is 1. The Kier molecular flexibility index (Phi) is 4.04. The third kappa shape index (κ3) is 3.08. The van der Waals surface area contributed by atoms with Gasteiger partial charge in [0.05, 0.1) is 0 Å². The fraction of sp³-hybridized carbons (Fsp3) is 0.467. The predicted octanol–water partition coefficient (Wildman–Crippen LogP) is 2.67. The van der Waals surface area contributed by atoms with Gasteiger partial charge in [-0.1, -0.05) is 20.8 Å². The molecule has 7 heteroatoms. The molecule has 7 nitrogen and oxygen atoms in total. The second kappa shape index (κ2) is 6.13. The molecule has 0 saturated carbocycles. The summed E-state index contributed by atoms with van der Waals surface area (Å²) < 4.78 is 3.65. The van der Waals surface area contributed by atoms with Gasteiger partial charge in [-0.2, -0.15) is 19.7 Å². The Morgan fingerprint density at radius 2 is 2.18 bits per heavy atom. The Bertz CT molecular complexity index is 756. The summed E-state index contributed by atoms with van der Waals surface area (Å²) in [5.74, 6) is 2.89. The van der Waals surface area contributed by atoms with Crippen LogP contribution < -0.4 is 5.32 Å². The van der Waals surface area contributed by atoms with Gasteiger partial charge < -0.3 is 5.32 Å². The molecule has 1 N–H and O–H groups in total. The molecule has 116 valence electrons. The van der Waals surface area contributed by atoms with Crippen molar-refractivity contribution in [2.24, 2.45) is 5.92 Å². The number of aryl methyl sites for hydroxylation is 2. The van der Waals surface area contributed by atoms with Crippen molar-refractivity contribution < 1.29 is 0 Å². The molecule has 0 atom stereocenters. The number of rotatable bonds is 6. The average Bonchev–Trinajstić information content (AvgIpc) is 3.13. The molecule has 0 spiro atoms. The third-order valence-electron chi connectivity index (χ3n) is 3.50. The van der Waals surface area contributed by atoms with E-state index in [1.807, 2.05) is 23.0 Å². The number of anilines is 2. The quantitative estimate of drug-likeness (QED) is 0.757. The van der Waals surface area contributed by atoms with Crippen LogP contribution in [0.1, 0.15) is 32.9 Å². The second-order valence-electron chi connectivity index (χ2n) is 5.73. The second-order valence-corrected chi connectivity index (χ2v) is 5.73. The van der Waals surface area contributed by atoms with E-state index in [-0.39, 0.29) is 0 Å². The zero-order valence-corrected chi connectivity index (χ0v) is 13.2. The lowest BCUT2D eigenvalue weighted by Crippen LogP contribution is -2.06. The van der Waals surface area contributed by atoms with E-state index >= 15 is 0 Å². The molecule has 0 aliphatic carbocycles. The van der Waals surface area contributed by atoms with Crippen LogP contribution in [-0.4, -0.2) is 29.4 Å². The van der Waals surface area contributed by atoms with Gasteiger partial charge in [0.2, 0.25) is 0 Å². The summed E-state index contributed by atoms with van der Waals surface area (Å²) in [5.41, 5.74) is 0.974. The SMILES string of the molecule is CCc1cc(Nc2ccn(CCC(C)C)n2)n2ncnc2n1. The fourth-order valence-electron chi connectivity index (χ4n) is 2.21. The zero-order valence-electron chi connectivity index (χ0n) is 13.2. The van der Waals surface area contributed by atoms with Gasteiger partial charge in [-0.15, -0.1) is 0 Å². The first kappa shape index (κ1) is 14.5. The van der Waals surface area contributed by atoms with Crippen molar-refractivity contribution in [1.29, 1.82) is 0 Å². The molecule has 22 heavy (non-hydrogen) atoms. The molecular weight excluding hydrogens is 278 g/mol. The highest BCUT2D eigenvalue weighted by Crippen LogP contribution is 2.16. The number of fused-ring (bicyclic) bond motifs is 1. The maximum atomic E-state index is 4.55. The molecule has 0 aliphatic heterocycles. The summed E-state index contributed by atoms with van der Waals surface area (Å²) in [6, 6.07) is 3.95. The van der Waals surface area contributed by atoms with Crippen LogP contribution in [0.25, 0.3) is 5.78 Å². The standard InChI is InChI=1S/C15H21N7/c1-4-12-9-14(22-15(18-12)16-10-17-22)19-13-6-8-21(20-13)7-5-11(2)3/h6,8-11H,4-5,7H2,1-3H3,(H,19,20). The minimum Gasteiger partial charge on any atom is -0.323 e. The van der Waals surface area contributed by atoms with Crippen LogP contribution >= 0.6 is 0 Å². The molecule has 3 heterocycles. The van der Waals surface area contributed by atoms with E-state index < -0.39 is 0 Å². The first-order valence-corrected chi connectivity index (χ1v) is 7.66. The molecular formula is C15H21N7. The van der Waals surface area contributed by atoms with Crippen molar-refractivity contribution in [2.45, 2.75) is 40.2 Å². The van der Waals surface area contributed by atoms with Crippen LogP contribution in [0.2, 0.25) is 0 Å². The predicted molar refractivity (Wildman–Crippen MR) is 85.1 cm³/mol. The third-order valence-corrected chi connectivity index (χ3v) is 3.50. The molecule has 0 aromatic carbocycles. The Morgan fingerprint density at radius 1 is 1.32 bits per heavy atom. The van der Waals surface area contributed by atoms with Gasteiger partial charge in [0.15, 0.2) is 5.82 Å². The lowest BCUT2D eigenvalue weighted by atomic mass is 10.1. The maximum absolute atomic E-state index is 4.55. The van der Waals surface area contributed by atoms with Crippen LogP contribution in [0.4, 0.5) is 11.6 Å². The molecule has 0 unspecified atom stereocenters. The van der Waals surface area contributed by atoms with Gasteiger partial charge >= 0.3 is 0 Å². The van der Waals surface area contributed by atoms with E-state index in [0.29, 0.717) is 11.7 Å². The van der Waals surface area contributed by atoms with Gasteiger partial charge in [0, 0.05) is 30.6 Å². The average molecular weight is 299 g/mol. The van der Waals surface area contributed by atoms with Gasteiger partial charge in [0.1, 0.15) is 12.1 Å². The molecule has 3 rings (SSSR count). The van der Waals surface area contributed by atoms with E-state index in [2.05, 4.69) is 46.3 Å². The summed E-state index contributed by atoms with van der Waals surface area (Å²) >= 11 is 0. The maximum Gasteiger partial charge on any atom is 0.254 e.